The normalized spacial score (nSPS) is 24.3. The molecule has 0 unspecified atom stereocenters. The number of nitrogens with two attached hydrogens (primary N) is 1. The average molecular weight is 346 g/mol. The fourth-order valence-corrected chi connectivity index (χ4v) is 3.81. The molecule has 0 bridgehead atoms. The van der Waals surface area contributed by atoms with E-state index in [9.17, 15) is 9.59 Å². The van der Waals surface area contributed by atoms with Crippen LogP contribution in [0.25, 0.3) is 0 Å². The number of benzene rings is 1. The smallest absolute Gasteiger partial charge is 0.246 e. The highest BCUT2D eigenvalue weighted by atomic mass is 16.5. The lowest BCUT2D eigenvalue weighted by Gasteiger charge is -2.34. The number of carbonyl (C=O) groups is 2. The van der Waals surface area contributed by atoms with E-state index in [0.29, 0.717) is 12.3 Å². The lowest BCUT2D eigenvalue weighted by Crippen LogP contribution is -2.42. The number of hydrogen-bond acceptors (Lipinski definition) is 4. The summed E-state index contributed by atoms with van der Waals surface area (Å²) in [5, 5.41) is 0. The number of carbonyl (C=O) groups excluding carboxylic acids is 2. The topological polar surface area (TPSA) is 81.9 Å². The van der Waals surface area contributed by atoms with Crippen molar-refractivity contribution in [1.82, 2.24) is 4.90 Å². The van der Waals surface area contributed by atoms with Crippen LogP contribution in [0, 0.1) is 5.92 Å². The van der Waals surface area contributed by atoms with Crippen molar-refractivity contribution < 1.29 is 19.1 Å². The van der Waals surface area contributed by atoms with Crippen LogP contribution < -0.4 is 10.5 Å². The van der Waals surface area contributed by atoms with Gasteiger partial charge in [-0.25, -0.2) is 0 Å². The zero-order valence-electron chi connectivity index (χ0n) is 14.6. The highest BCUT2D eigenvalue weighted by molar-refractivity contribution is 5.79. The van der Waals surface area contributed by atoms with Crippen LogP contribution in [0.3, 0.4) is 0 Å². The number of rotatable bonds is 5. The van der Waals surface area contributed by atoms with Crippen LogP contribution in [0.15, 0.2) is 24.3 Å². The van der Waals surface area contributed by atoms with Gasteiger partial charge in [0.2, 0.25) is 11.8 Å². The summed E-state index contributed by atoms with van der Waals surface area (Å²) in [6.07, 6.45) is 3.50. The highest BCUT2D eigenvalue weighted by Gasteiger charge is 2.36. The minimum Gasteiger partial charge on any atom is -0.497 e. The Bertz CT molecular complexity index is 626. The first-order valence-corrected chi connectivity index (χ1v) is 8.92. The molecule has 0 saturated carbocycles. The van der Waals surface area contributed by atoms with Gasteiger partial charge in [0.05, 0.1) is 19.6 Å². The molecule has 0 aromatic heterocycles. The van der Waals surface area contributed by atoms with Crippen molar-refractivity contribution in [3.8, 4) is 5.75 Å². The SMILES string of the molecule is COc1cccc(CC(=O)N2CCC([C@@H]3CC[C@H](C(N)=O)O3)CC2)c1. The van der Waals surface area contributed by atoms with E-state index in [1.54, 1.807) is 7.11 Å². The van der Waals surface area contributed by atoms with E-state index in [4.69, 9.17) is 15.2 Å². The van der Waals surface area contributed by atoms with Crippen molar-refractivity contribution in [1.29, 1.82) is 0 Å². The molecule has 1 aromatic carbocycles. The summed E-state index contributed by atoms with van der Waals surface area (Å²) in [6.45, 7) is 1.49. The maximum atomic E-state index is 12.5. The quantitative estimate of drug-likeness (QED) is 0.876. The number of piperidine rings is 1. The van der Waals surface area contributed by atoms with E-state index < -0.39 is 6.10 Å². The van der Waals surface area contributed by atoms with Gasteiger partial charge in [0.1, 0.15) is 11.9 Å². The first-order valence-electron chi connectivity index (χ1n) is 8.92. The van der Waals surface area contributed by atoms with Crippen LogP contribution >= 0.6 is 0 Å². The third-order valence-electron chi connectivity index (χ3n) is 5.28. The molecule has 6 heteroatoms. The molecule has 2 aliphatic heterocycles. The fraction of sp³-hybridized carbons (Fsp3) is 0.579. The lowest BCUT2D eigenvalue weighted by molar-refractivity contribution is -0.133. The van der Waals surface area contributed by atoms with Crippen molar-refractivity contribution in [3.63, 3.8) is 0 Å². The van der Waals surface area contributed by atoms with Crippen molar-refractivity contribution >= 4 is 11.8 Å². The number of ether oxygens (including phenoxy) is 2. The monoisotopic (exact) mass is 346 g/mol. The van der Waals surface area contributed by atoms with Crippen molar-refractivity contribution in [2.45, 2.75) is 44.3 Å². The Morgan fingerprint density at radius 2 is 2.00 bits per heavy atom. The molecule has 2 fully saturated rings. The van der Waals surface area contributed by atoms with Crippen LogP contribution in [-0.4, -0.2) is 49.1 Å². The molecule has 1 aromatic rings. The van der Waals surface area contributed by atoms with E-state index in [-0.39, 0.29) is 17.9 Å². The molecule has 2 N–H and O–H groups in total. The van der Waals surface area contributed by atoms with Crippen LogP contribution in [0.5, 0.6) is 5.75 Å². The van der Waals surface area contributed by atoms with Gasteiger partial charge in [0, 0.05) is 13.1 Å². The first-order chi connectivity index (χ1) is 12.1. The Balaban J connectivity index is 1.48. The molecule has 2 amide bonds. The second kappa shape index (κ2) is 7.87. The van der Waals surface area contributed by atoms with Gasteiger partial charge in [0.25, 0.3) is 0 Å². The molecular formula is C19H26N2O4. The molecule has 136 valence electrons. The Morgan fingerprint density at radius 1 is 1.24 bits per heavy atom. The third kappa shape index (κ3) is 4.31. The number of likely N-dealkylation sites (tertiary alicyclic amines) is 1. The zero-order valence-corrected chi connectivity index (χ0v) is 14.6. The van der Waals surface area contributed by atoms with E-state index >= 15 is 0 Å². The molecule has 25 heavy (non-hydrogen) atoms. The molecule has 6 nitrogen and oxygen atoms in total. The van der Waals surface area contributed by atoms with Crippen LogP contribution in [0.2, 0.25) is 0 Å². The first kappa shape index (κ1) is 17.7. The van der Waals surface area contributed by atoms with Gasteiger partial charge in [-0.05, 0) is 49.3 Å². The molecule has 2 saturated heterocycles. The van der Waals surface area contributed by atoms with Crippen LogP contribution in [0.4, 0.5) is 0 Å². The van der Waals surface area contributed by atoms with Crippen molar-refractivity contribution in [2.75, 3.05) is 20.2 Å². The van der Waals surface area contributed by atoms with Gasteiger partial charge < -0.3 is 20.1 Å². The second-order valence-electron chi connectivity index (χ2n) is 6.89. The molecule has 2 atom stereocenters. The van der Waals surface area contributed by atoms with E-state index in [1.165, 1.54) is 0 Å². The number of methoxy groups -OCH3 is 1. The van der Waals surface area contributed by atoms with E-state index in [0.717, 1.165) is 50.1 Å². The summed E-state index contributed by atoms with van der Waals surface area (Å²) in [4.78, 5) is 25.7. The third-order valence-corrected chi connectivity index (χ3v) is 5.28. The predicted molar refractivity (Wildman–Crippen MR) is 93.1 cm³/mol. The fourth-order valence-electron chi connectivity index (χ4n) is 3.81. The van der Waals surface area contributed by atoms with Crippen molar-refractivity contribution in [3.05, 3.63) is 29.8 Å². The number of primary amides is 1. The number of hydrogen-bond donors (Lipinski definition) is 1. The van der Waals surface area contributed by atoms with E-state index in [2.05, 4.69) is 0 Å². The molecular weight excluding hydrogens is 320 g/mol. The Kier molecular flexibility index (Phi) is 5.58. The van der Waals surface area contributed by atoms with Crippen molar-refractivity contribution in [2.24, 2.45) is 11.7 Å². The van der Waals surface area contributed by atoms with Gasteiger partial charge in [-0.1, -0.05) is 12.1 Å². The Morgan fingerprint density at radius 3 is 2.64 bits per heavy atom. The van der Waals surface area contributed by atoms with Gasteiger partial charge in [-0.15, -0.1) is 0 Å². The summed E-state index contributed by atoms with van der Waals surface area (Å²) in [6, 6.07) is 7.63. The minimum absolute atomic E-state index is 0.105. The Hall–Kier alpha value is -2.08. The molecule has 0 aliphatic carbocycles. The molecule has 2 heterocycles. The van der Waals surface area contributed by atoms with Gasteiger partial charge in [-0.2, -0.15) is 0 Å². The predicted octanol–water partition coefficient (Wildman–Crippen LogP) is 1.51. The van der Waals surface area contributed by atoms with Gasteiger partial charge >= 0.3 is 0 Å². The second-order valence-corrected chi connectivity index (χ2v) is 6.89. The zero-order chi connectivity index (χ0) is 17.8. The van der Waals surface area contributed by atoms with Crippen LogP contribution in [-0.2, 0) is 20.7 Å². The molecule has 0 radical (unpaired) electrons. The van der Waals surface area contributed by atoms with Crippen LogP contribution in [0.1, 0.15) is 31.2 Å². The maximum Gasteiger partial charge on any atom is 0.246 e. The summed E-state index contributed by atoms with van der Waals surface area (Å²) in [5.41, 5.74) is 6.29. The average Bonchev–Trinajstić information content (AvgIpc) is 3.12. The molecule has 0 spiro atoms. The van der Waals surface area contributed by atoms with Gasteiger partial charge in [0.15, 0.2) is 0 Å². The molecule has 2 aliphatic rings. The Labute approximate surface area is 148 Å². The lowest BCUT2D eigenvalue weighted by atomic mass is 9.89. The highest BCUT2D eigenvalue weighted by Crippen LogP contribution is 2.32. The largest absolute Gasteiger partial charge is 0.497 e. The summed E-state index contributed by atoms with van der Waals surface area (Å²) in [7, 11) is 1.62. The summed E-state index contributed by atoms with van der Waals surface area (Å²) < 4.78 is 11.0. The number of nitrogens with zero attached hydrogens (tertiary/aromatic N) is 1. The standard InChI is InChI=1S/C19H26N2O4/c1-24-15-4-2-3-13(11-15)12-18(22)21-9-7-14(8-10-21)16-5-6-17(25-16)19(20)23/h2-4,11,14,16-17H,5-10,12H2,1H3,(H2,20,23)/t16-,17+/m0/s1. The number of amides is 2. The molecule has 3 rings (SSSR count). The van der Waals surface area contributed by atoms with E-state index in [1.807, 2.05) is 29.2 Å². The van der Waals surface area contributed by atoms with Gasteiger partial charge in [-0.3, -0.25) is 9.59 Å². The maximum absolute atomic E-state index is 12.5. The minimum atomic E-state index is -0.433. The summed E-state index contributed by atoms with van der Waals surface area (Å²) in [5.74, 6) is 0.957. The summed E-state index contributed by atoms with van der Waals surface area (Å²) >= 11 is 0.